The van der Waals surface area contributed by atoms with Gasteiger partial charge >= 0.3 is 5.97 Å². The summed E-state index contributed by atoms with van der Waals surface area (Å²) in [6, 6.07) is 1.67. The maximum Gasteiger partial charge on any atom is 0.337 e. The van der Waals surface area contributed by atoms with Crippen LogP contribution < -0.4 is 10.6 Å². The molecule has 1 aromatic rings. The molecule has 2 rings (SSSR count). The van der Waals surface area contributed by atoms with Crippen LogP contribution in [0.3, 0.4) is 0 Å². The van der Waals surface area contributed by atoms with Gasteiger partial charge in [0, 0.05) is 25.4 Å². The molecule has 6 nitrogen and oxygen atoms in total. The number of hydrogen-bond acceptors (Lipinski definition) is 5. The van der Waals surface area contributed by atoms with Gasteiger partial charge in [-0.3, -0.25) is 0 Å². The fourth-order valence-corrected chi connectivity index (χ4v) is 2.56. The van der Waals surface area contributed by atoms with Gasteiger partial charge in [-0.15, -0.1) is 0 Å². The molecule has 0 aliphatic carbocycles. The van der Waals surface area contributed by atoms with Gasteiger partial charge in [-0.1, -0.05) is 0 Å². The molecule has 2 heterocycles. The van der Waals surface area contributed by atoms with Crippen LogP contribution in [0.2, 0.25) is 0 Å². The minimum absolute atomic E-state index is 0.0944. The van der Waals surface area contributed by atoms with E-state index in [1.807, 2.05) is 0 Å². The van der Waals surface area contributed by atoms with Crippen molar-refractivity contribution in [3.63, 3.8) is 0 Å². The van der Waals surface area contributed by atoms with Gasteiger partial charge in [-0.2, -0.15) is 0 Å². The largest absolute Gasteiger partial charge is 0.478 e. The molecule has 1 aliphatic heterocycles. The van der Waals surface area contributed by atoms with Crippen molar-refractivity contribution in [2.75, 3.05) is 23.8 Å². The highest BCUT2D eigenvalue weighted by molar-refractivity contribution is 5.89. The van der Waals surface area contributed by atoms with E-state index in [1.54, 1.807) is 0 Å². The molecule has 1 fully saturated rings. The summed E-state index contributed by atoms with van der Waals surface area (Å²) >= 11 is 0. The van der Waals surface area contributed by atoms with Crippen LogP contribution in [0.1, 0.15) is 36.0 Å². The Bertz CT molecular complexity index is 462. The smallest absolute Gasteiger partial charge is 0.337 e. The minimum Gasteiger partial charge on any atom is -0.478 e. The van der Waals surface area contributed by atoms with Crippen molar-refractivity contribution < 1.29 is 15.0 Å². The maximum absolute atomic E-state index is 10.9. The third-order valence-corrected chi connectivity index (χ3v) is 3.50. The number of aliphatic hydroxyl groups is 1. The monoisotopic (exact) mass is 265 g/mol. The number of hydrogen-bond donors (Lipinski definition) is 3. The molecule has 19 heavy (non-hydrogen) atoms. The van der Waals surface area contributed by atoms with Gasteiger partial charge in [-0.25, -0.2) is 9.78 Å². The molecular formula is C13H19N3O3. The second kappa shape index (κ2) is 5.88. The molecule has 6 heteroatoms. The van der Waals surface area contributed by atoms with E-state index in [0.717, 1.165) is 25.8 Å². The first kappa shape index (κ1) is 13.6. The van der Waals surface area contributed by atoms with E-state index in [-0.39, 0.29) is 18.2 Å². The van der Waals surface area contributed by atoms with Gasteiger partial charge in [-0.05, 0) is 31.7 Å². The Balaban J connectivity index is 2.26. The van der Waals surface area contributed by atoms with E-state index < -0.39 is 5.97 Å². The third kappa shape index (κ3) is 2.96. The molecule has 0 amide bonds. The summed E-state index contributed by atoms with van der Waals surface area (Å²) < 4.78 is 0. The maximum atomic E-state index is 10.9. The predicted molar refractivity (Wildman–Crippen MR) is 72.3 cm³/mol. The van der Waals surface area contributed by atoms with Crippen LogP contribution >= 0.6 is 0 Å². The Morgan fingerprint density at radius 3 is 2.95 bits per heavy atom. The minimum atomic E-state index is -1.03. The number of piperidine rings is 1. The third-order valence-electron chi connectivity index (χ3n) is 3.50. The zero-order valence-electron chi connectivity index (χ0n) is 10.7. The van der Waals surface area contributed by atoms with Gasteiger partial charge in [0.05, 0.1) is 11.3 Å². The molecule has 0 bridgehead atoms. The Hall–Kier alpha value is -1.82. The quantitative estimate of drug-likeness (QED) is 0.754. The van der Waals surface area contributed by atoms with Crippen molar-refractivity contribution in [2.24, 2.45) is 0 Å². The van der Waals surface area contributed by atoms with Crippen LogP contribution in [-0.2, 0) is 0 Å². The first-order chi connectivity index (χ1) is 9.13. The Labute approximate surface area is 111 Å². The number of aromatic carboxylic acids is 1. The summed E-state index contributed by atoms with van der Waals surface area (Å²) in [5.74, 6) is -0.403. The van der Waals surface area contributed by atoms with Crippen molar-refractivity contribution in [3.05, 3.63) is 17.8 Å². The number of nitrogens with two attached hydrogens (primary N) is 1. The fraction of sp³-hybridized carbons (Fsp3) is 0.538. The number of pyridine rings is 1. The number of rotatable bonds is 4. The van der Waals surface area contributed by atoms with Crippen LogP contribution in [0.15, 0.2) is 12.3 Å². The average Bonchev–Trinajstić information content (AvgIpc) is 2.40. The Morgan fingerprint density at radius 1 is 1.53 bits per heavy atom. The first-order valence-electron chi connectivity index (χ1n) is 6.49. The van der Waals surface area contributed by atoms with Gasteiger partial charge in [0.1, 0.15) is 0 Å². The molecule has 1 atom stereocenters. The average molecular weight is 265 g/mol. The van der Waals surface area contributed by atoms with Crippen molar-refractivity contribution in [1.82, 2.24) is 4.98 Å². The van der Waals surface area contributed by atoms with E-state index in [4.69, 9.17) is 15.9 Å². The fourth-order valence-electron chi connectivity index (χ4n) is 2.56. The zero-order chi connectivity index (χ0) is 13.8. The predicted octanol–water partition coefficient (Wildman–Crippen LogP) is 1.10. The molecule has 1 aromatic heterocycles. The summed E-state index contributed by atoms with van der Waals surface area (Å²) in [5, 5.41) is 18.0. The number of carbonyl (C=O) groups is 1. The van der Waals surface area contributed by atoms with E-state index in [9.17, 15) is 4.79 Å². The first-order valence-corrected chi connectivity index (χ1v) is 6.49. The summed E-state index contributed by atoms with van der Waals surface area (Å²) in [7, 11) is 0. The molecule has 0 saturated carbocycles. The summed E-state index contributed by atoms with van der Waals surface area (Å²) in [5.41, 5.74) is 6.39. The number of carboxylic acid groups (broad SMARTS) is 1. The Morgan fingerprint density at radius 2 is 2.32 bits per heavy atom. The lowest BCUT2D eigenvalue weighted by atomic mass is 9.99. The number of anilines is 2. The van der Waals surface area contributed by atoms with Gasteiger partial charge in [0.25, 0.3) is 0 Å². The van der Waals surface area contributed by atoms with Crippen LogP contribution in [0.5, 0.6) is 0 Å². The Kier molecular flexibility index (Phi) is 4.21. The molecule has 4 N–H and O–H groups in total. The van der Waals surface area contributed by atoms with Crippen molar-refractivity contribution in [2.45, 2.75) is 31.7 Å². The highest BCUT2D eigenvalue weighted by Crippen LogP contribution is 2.29. The van der Waals surface area contributed by atoms with E-state index in [2.05, 4.69) is 9.88 Å². The highest BCUT2D eigenvalue weighted by atomic mass is 16.4. The van der Waals surface area contributed by atoms with Crippen molar-refractivity contribution >= 4 is 17.5 Å². The molecule has 1 unspecified atom stereocenters. The van der Waals surface area contributed by atoms with Crippen LogP contribution in [0, 0.1) is 0 Å². The molecule has 1 saturated heterocycles. The lowest BCUT2D eigenvalue weighted by Gasteiger charge is -2.37. The van der Waals surface area contributed by atoms with E-state index in [1.165, 1.54) is 12.3 Å². The van der Waals surface area contributed by atoms with E-state index >= 15 is 0 Å². The zero-order valence-corrected chi connectivity index (χ0v) is 10.7. The standard InChI is InChI=1S/C13H19N3O3/c14-11-7-9(13(18)19)8-15-12(11)16-5-2-1-3-10(16)4-6-17/h7-8,10,17H,1-6,14H2,(H,18,19). The van der Waals surface area contributed by atoms with Gasteiger partial charge in [0.15, 0.2) is 5.82 Å². The number of aliphatic hydroxyl groups excluding tert-OH is 1. The number of nitrogens with zero attached hydrogens (tertiary/aromatic N) is 2. The second-order valence-corrected chi connectivity index (χ2v) is 4.80. The van der Waals surface area contributed by atoms with E-state index in [0.29, 0.717) is 17.9 Å². The number of aromatic nitrogens is 1. The van der Waals surface area contributed by atoms with Crippen LogP contribution in [-0.4, -0.2) is 40.4 Å². The van der Waals surface area contributed by atoms with Gasteiger partial charge < -0.3 is 20.8 Å². The normalized spacial score (nSPS) is 19.4. The molecule has 0 aromatic carbocycles. The SMILES string of the molecule is Nc1cc(C(=O)O)cnc1N1CCCCC1CCO. The highest BCUT2D eigenvalue weighted by Gasteiger charge is 2.25. The summed E-state index contributed by atoms with van der Waals surface area (Å²) in [6.45, 7) is 0.975. The van der Waals surface area contributed by atoms with Gasteiger partial charge in [0.2, 0.25) is 0 Å². The lowest BCUT2D eigenvalue weighted by Crippen LogP contribution is -2.41. The lowest BCUT2D eigenvalue weighted by molar-refractivity contribution is 0.0696. The van der Waals surface area contributed by atoms with Crippen LogP contribution in [0.25, 0.3) is 0 Å². The molecular weight excluding hydrogens is 246 g/mol. The van der Waals surface area contributed by atoms with Crippen molar-refractivity contribution in [3.8, 4) is 0 Å². The molecule has 0 radical (unpaired) electrons. The molecule has 0 spiro atoms. The number of carboxylic acids is 1. The van der Waals surface area contributed by atoms with Crippen LogP contribution in [0.4, 0.5) is 11.5 Å². The van der Waals surface area contributed by atoms with Crippen molar-refractivity contribution in [1.29, 1.82) is 0 Å². The summed E-state index contributed by atoms with van der Waals surface area (Å²) in [6.07, 6.45) is 5.21. The molecule has 1 aliphatic rings. The summed E-state index contributed by atoms with van der Waals surface area (Å²) in [4.78, 5) is 17.1. The number of nitrogen functional groups attached to an aromatic ring is 1. The topological polar surface area (TPSA) is 99.7 Å². The second-order valence-electron chi connectivity index (χ2n) is 4.80. The molecule has 104 valence electrons.